The Labute approximate surface area is 131 Å². The highest BCUT2D eigenvalue weighted by Crippen LogP contribution is 2.31. The molecule has 1 heterocycles. The molecule has 1 aliphatic rings. The average Bonchev–Trinajstić information content (AvgIpc) is 2.47. The van der Waals surface area contributed by atoms with Crippen LogP contribution in [0.1, 0.15) is 31.9 Å². The van der Waals surface area contributed by atoms with Gasteiger partial charge in [-0.3, -0.25) is 4.90 Å². The minimum atomic E-state index is 0.373. The molecule has 2 rings (SSSR count). The number of hydrogen-bond donors (Lipinski definition) is 1. The standard InChI is InChI=1S/C16H26BrN3/c1-5-14-11-20(9-8-19(14)4)16-10-13(17)6-7-15(16)12(2)18-3/h6-7,10,12,14,18H,5,8-9,11H2,1-4H3. The summed E-state index contributed by atoms with van der Waals surface area (Å²) in [6.45, 7) is 7.86. The van der Waals surface area contributed by atoms with Gasteiger partial charge in [-0.25, -0.2) is 0 Å². The Morgan fingerprint density at radius 3 is 2.80 bits per heavy atom. The number of likely N-dealkylation sites (N-methyl/N-ethyl adjacent to an activating group) is 1. The summed E-state index contributed by atoms with van der Waals surface area (Å²) >= 11 is 3.62. The van der Waals surface area contributed by atoms with Crippen LogP contribution in [0.3, 0.4) is 0 Å². The van der Waals surface area contributed by atoms with E-state index in [0.717, 1.165) is 24.1 Å². The number of nitrogens with zero attached hydrogens (tertiary/aromatic N) is 2. The molecule has 0 saturated carbocycles. The van der Waals surface area contributed by atoms with E-state index in [4.69, 9.17) is 0 Å². The Kier molecular flexibility index (Phi) is 5.47. The van der Waals surface area contributed by atoms with Crippen LogP contribution >= 0.6 is 15.9 Å². The number of nitrogens with one attached hydrogen (secondary N) is 1. The van der Waals surface area contributed by atoms with Crippen molar-refractivity contribution >= 4 is 21.6 Å². The fourth-order valence-corrected chi connectivity index (χ4v) is 3.27. The van der Waals surface area contributed by atoms with Crippen molar-refractivity contribution in [2.24, 2.45) is 0 Å². The summed E-state index contributed by atoms with van der Waals surface area (Å²) < 4.78 is 1.16. The minimum Gasteiger partial charge on any atom is -0.368 e. The lowest BCUT2D eigenvalue weighted by molar-refractivity contribution is 0.213. The van der Waals surface area contributed by atoms with Gasteiger partial charge >= 0.3 is 0 Å². The van der Waals surface area contributed by atoms with Crippen LogP contribution in [0.25, 0.3) is 0 Å². The second kappa shape index (κ2) is 6.92. The van der Waals surface area contributed by atoms with E-state index < -0.39 is 0 Å². The summed E-state index contributed by atoms with van der Waals surface area (Å²) in [7, 11) is 4.26. The topological polar surface area (TPSA) is 18.5 Å². The van der Waals surface area contributed by atoms with E-state index in [2.05, 4.69) is 70.1 Å². The van der Waals surface area contributed by atoms with E-state index in [1.807, 2.05) is 7.05 Å². The average molecular weight is 340 g/mol. The Bertz CT molecular complexity index is 449. The van der Waals surface area contributed by atoms with E-state index in [0.29, 0.717) is 12.1 Å². The van der Waals surface area contributed by atoms with Gasteiger partial charge in [-0.15, -0.1) is 0 Å². The molecular weight excluding hydrogens is 314 g/mol. The highest BCUT2D eigenvalue weighted by atomic mass is 79.9. The number of piperazine rings is 1. The summed E-state index contributed by atoms with van der Waals surface area (Å²) in [5.41, 5.74) is 2.75. The highest BCUT2D eigenvalue weighted by molar-refractivity contribution is 9.10. The molecule has 0 amide bonds. The van der Waals surface area contributed by atoms with Crippen molar-refractivity contribution < 1.29 is 0 Å². The smallest absolute Gasteiger partial charge is 0.0426 e. The molecule has 4 heteroatoms. The van der Waals surface area contributed by atoms with Crippen molar-refractivity contribution in [2.75, 3.05) is 38.6 Å². The zero-order chi connectivity index (χ0) is 14.7. The van der Waals surface area contributed by atoms with Crippen molar-refractivity contribution in [3.8, 4) is 0 Å². The fraction of sp³-hybridized carbons (Fsp3) is 0.625. The molecule has 1 N–H and O–H groups in total. The first-order valence-corrected chi connectivity index (χ1v) is 8.28. The normalized spacial score (nSPS) is 22.1. The second-order valence-corrected chi connectivity index (χ2v) is 6.62. The van der Waals surface area contributed by atoms with Gasteiger partial charge in [0.15, 0.2) is 0 Å². The molecule has 20 heavy (non-hydrogen) atoms. The first kappa shape index (κ1) is 15.8. The van der Waals surface area contributed by atoms with Crippen LogP contribution in [-0.2, 0) is 0 Å². The quantitative estimate of drug-likeness (QED) is 0.908. The zero-order valence-corrected chi connectivity index (χ0v) is 14.6. The van der Waals surface area contributed by atoms with Gasteiger partial charge in [-0.05, 0) is 45.1 Å². The molecule has 112 valence electrons. The molecule has 0 bridgehead atoms. The van der Waals surface area contributed by atoms with Gasteiger partial charge in [-0.1, -0.05) is 28.9 Å². The maximum absolute atomic E-state index is 3.62. The van der Waals surface area contributed by atoms with Crippen LogP contribution in [0.2, 0.25) is 0 Å². The van der Waals surface area contributed by atoms with E-state index in [1.54, 1.807) is 0 Å². The van der Waals surface area contributed by atoms with Crippen LogP contribution in [0.15, 0.2) is 22.7 Å². The predicted octanol–water partition coefficient (Wildman–Crippen LogP) is 3.26. The monoisotopic (exact) mass is 339 g/mol. The molecule has 1 aromatic rings. The first-order chi connectivity index (χ1) is 9.56. The fourth-order valence-electron chi connectivity index (χ4n) is 2.92. The number of hydrogen-bond acceptors (Lipinski definition) is 3. The molecular formula is C16H26BrN3. The lowest BCUT2D eigenvalue weighted by atomic mass is 10.0. The molecule has 2 atom stereocenters. The number of benzene rings is 1. The predicted molar refractivity (Wildman–Crippen MR) is 90.5 cm³/mol. The maximum Gasteiger partial charge on any atom is 0.0426 e. The summed E-state index contributed by atoms with van der Waals surface area (Å²) in [4.78, 5) is 5.03. The summed E-state index contributed by atoms with van der Waals surface area (Å²) in [5, 5.41) is 3.36. The minimum absolute atomic E-state index is 0.373. The molecule has 1 saturated heterocycles. The first-order valence-electron chi connectivity index (χ1n) is 7.48. The second-order valence-electron chi connectivity index (χ2n) is 5.70. The van der Waals surface area contributed by atoms with Crippen molar-refractivity contribution in [1.82, 2.24) is 10.2 Å². The molecule has 0 radical (unpaired) electrons. The van der Waals surface area contributed by atoms with E-state index >= 15 is 0 Å². The largest absolute Gasteiger partial charge is 0.368 e. The van der Waals surface area contributed by atoms with Crippen molar-refractivity contribution in [2.45, 2.75) is 32.4 Å². The Hall–Kier alpha value is -0.580. The molecule has 2 unspecified atom stereocenters. The number of halogens is 1. The van der Waals surface area contributed by atoms with Gasteiger partial charge in [0.2, 0.25) is 0 Å². The summed E-state index contributed by atoms with van der Waals surface area (Å²) in [6.07, 6.45) is 1.21. The van der Waals surface area contributed by atoms with Crippen LogP contribution in [-0.4, -0.2) is 44.7 Å². The van der Waals surface area contributed by atoms with E-state index in [-0.39, 0.29) is 0 Å². The number of rotatable bonds is 4. The van der Waals surface area contributed by atoms with Crippen molar-refractivity contribution in [1.29, 1.82) is 0 Å². The zero-order valence-electron chi connectivity index (χ0n) is 13.0. The molecule has 3 nitrogen and oxygen atoms in total. The van der Waals surface area contributed by atoms with Gasteiger partial charge in [0.05, 0.1) is 0 Å². The third-order valence-electron chi connectivity index (χ3n) is 4.48. The van der Waals surface area contributed by atoms with Crippen molar-refractivity contribution in [3.63, 3.8) is 0 Å². The Morgan fingerprint density at radius 2 is 2.15 bits per heavy atom. The molecule has 1 fully saturated rings. The third kappa shape index (κ3) is 3.35. The van der Waals surface area contributed by atoms with Crippen LogP contribution < -0.4 is 10.2 Å². The SMILES string of the molecule is CCC1CN(c2cc(Br)ccc2C(C)NC)CCN1C. The summed E-state index contributed by atoms with van der Waals surface area (Å²) in [5.74, 6) is 0. The lowest BCUT2D eigenvalue weighted by Gasteiger charge is -2.41. The molecule has 0 spiro atoms. The molecule has 0 aliphatic carbocycles. The van der Waals surface area contributed by atoms with Gasteiger partial charge < -0.3 is 10.2 Å². The molecule has 1 aliphatic heterocycles. The number of anilines is 1. The maximum atomic E-state index is 3.62. The van der Waals surface area contributed by atoms with Gasteiger partial charge in [0, 0.05) is 41.9 Å². The van der Waals surface area contributed by atoms with Gasteiger partial charge in [0.25, 0.3) is 0 Å². The van der Waals surface area contributed by atoms with Crippen LogP contribution in [0.5, 0.6) is 0 Å². The Morgan fingerprint density at radius 1 is 1.40 bits per heavy atom. The Balaban J connectivity index is 2.29. The highest BCUT2D eigenvalue weighted by Gasteiger charge is 2.25. The third-order valence-corrected chi connectivity index (χ3v) is 4.97. The van der Waals surface area contributed by atoms with Gasteiger partial charge in [0.1, 0.15) is 0 Å². The van der Waals surface area contributed by atoms with Crippen LogP contribution in [0.4, 0.5) is 5.69 Å². The van der Waals surface area contributed by atoms with E-state index in [9.17, 15) is 0 Å². The van der Waals surface area contributed by atoms with E-state index in [1.165, 1.54) is 17.7 Å². The van der Waals surface area contributed by atoms with Crippen LogP contribution in [0, 0.1) is 0 Å². The molecule has 1 aromatic carbocycles. The molecule has 0 aromatic heterocycles. The lowest BCUT2D eigenvalue weighted by Crippen LogP contribution is -2.51. The summed E-state index contributed by atoms with van der Waals surface area (Å²) in [6, 6.07) is 7.67. The van der Waals surface area contributed by atoms with Crippen molar-refractivity contribution in [3.05, 3.63) is 28.2 Å². The van der Waals surface area contributed by atoms with Gasteiger partial charge in [-0.2, -0.15) is 0 Å².